The summed E-state index contributed by atoms with van der Waals surface area (Å²) in [5, 5.41) is 0. The molecule has 0 spiro atoms. The first kappa shape index (κ1) is 9.78. The maximum atomic E-state index is 9.96. The van der Waals surface area contributed by atoms with Crippen LogP contribution in [0, 0.1) is 0 Å². The number of rotatable bonds is 3. The lowest BCUT2D eigenvalue weighted by molar-refractivity contribution is -0.0943. The van der Waals surface area contributed by atoms with E-state index < -0.39 is 20.5 Å². The highest BCUT2D eigenvalue weighted by Crippen LogP contribution is 1.92. The average molecular weight is 192 g/mol. The molecule has 7 nitrogen and oxygen atoms in total. The zero-order chi connectivity index (χ0) is 8.41. The van der Waals surface area contributed by atoms with Crippen molar-refractivity contribution in [1.82, 2.24) is 0 Å². The monoisotopic (exact) mass is 192 g/mol. The van der Waals surface area contributed by atoms with Crippen LogP contribution in [-0.2, 0) is 29.2 Å². The molecule has 0 aliphatic carbocycles. The van der Waals surface area contributed by atoms with Gasteiger partial charge in [0.2, 0.25) is 0 Å². The van der Waals surface area contributed by atoms with Gasteiger partial charge >= 0.3 is 10.4 Å². The molecule has 0 aliphatic heterocycles. The summed E-state index contributed by atoms with van der Waals surface area (Å²) in [4.78, 5) is 0. The van der Waals surface area contributed by atoms with Crippen molar-refractivity contribution in [2.45, 2.75) is 0 Å². The topological polar surface area (TPSA) is 107 Å². The number of hydrogen-bond donors (Lipinski definition) is 1. The minimum absolute atomic E-state index is 0.554. The molecule has 0 rings (SSSR count). The van der Waals surface area contributed by atoms with Crippen molar-refractivity contribution in [2.75, 3.05) is 6.26 Å². The van der Waals surface area contributed by atoms with Crippen LogP contribution in [-0.4, -0.2) is 27.6 Å². The van der Waals surface area contributed by atoms with Crippen LogP contribution >= 0.6 is 0 Å². The highest BCUT2D eigenvalue weighted by atomic mass is 32.3. The minimum atomic E-state index is -4.86. The summed E-state index contributed by atoms with van der Waals surface area (Å²) >= 11 is 0. The van der Waals surface area contributed by atoms with Gasteiger partial charge in [-0.2, -0.15) is 16.8 Å². The molecule has 10 heavy (non-hydrogen) atoms. The Hall–Kier alpha value is -0.220. The van der Waals surface area contributed by atoms with E-state index in [4.69, 9.17) is 4.55 Å². The van der Waals surface area contributed by atoms with Crippen LogP contribution in [0.5, 0.6) is 0 Å². The quantitative estimate of drug-likeness (QED) is 0.336. The fourth-order valence-corrected chi connectivity index (χ4v) is 0.770. The predicted octanol–water partition coefficient (Wildman–Crippen LogP) is -1.30. The third-order valence-electron chi connectivity index (χ3n) is 0.237. The van der Waals surface area contributed by atoms with Crippen LogP contribution in [0.4, 0.5) is 0 Å². The van der Waals surface area contributed by atoms with Gasteiger partial charge in [-0.15, -0.1) is 0 Å². The van der Waals surface area contributed by atoms with Crippen molar-refractivity contribution in [3.05, 3.63) is 0 Å². The first-order valence-corrected chi connectivity index (χ1v) is 4.94. The largest absolute Gasteiger partial charge is 0.425 e. The van der Waals surface area contributed by atoms with Gasteiger partial charge in [0.25, 0.3) is 10.1 Å². The van der Waals surface area contributed by atoms with E-state index in [-0.39, 0.29) is 0 Å². The molecule has 0 saturated heterocycles. The van der Waals surface area contributed by atoms with Crippen LogP contribution in [0.15, 0.2) is 0 Å². The molecule has 62 valence electrons. The van der Waals surface area contributed by atoms with Gasteiger partial charge in [0.15, 0.2) is 0 Å². The second-order valence-corrected chi connectivity index (χ2v) is 3.80. The van der Waals surface area contributed by atoms with E-state index >= 15 is 0 Å². The Labute approximate surface area is 57.6 Å². The molecule has 0 saturated carbocycles. The third kappa shape index (κ3) is 7.78. The molecular weight excluding hydrogens is 188 g/mol. The SMILES string of the molecule is CS(=O)(=O)OOS(=O)(=O)O. The zero-order valence-corrected chi connectivity index (χ0v) is 6.35. The molecule has 0 fully saturated rings. The molecule has 0 bridgehead atoms. The summed E-state index contributed by atoms with van der Waals surface area (Å²) in [6.45, 7) is 0. The molecule has 1 N–H and O–H groups in total. The van der Waals surface area contributed by atoms with E-state index in [0.717, 1.165) is 0 Å². The third-order valence-corrected chi connectivity index (χ3v) is 0.879. The minimum Gasteiger partial charge on any atom is -0.262 e. The maximum absolute atomic E-state index is 9.96. The molecule has 0 aliphatic rings. The lowest BCUT2D eigenvalue weighted by atomic mass is 12.0. The van der Waals surface area contributed by atoms with Gasteiger partial charge in [0.1, 0.15) is 0 Å². The molecule has 0 radical (unpaired) electrons. The molecule has 0 unspecified atom stereocenters. The standard InChI is InChI=1S/CH4O7S2/c1-9(2,3)7-8-10(4,5)6/h1H3,(H,4,5,6). The summed E-state index contributed by atoms with van der Waals surface area (Å²) in [5.74, 6) is 0. The van der Waals surface area contributed by atoms with E-state index in [1.807, 2.05) is 0 Å². The first-order chi connectivity index (χ1) is 4.21. The van der Waals surface area contributed by atoms with E-state index in [2.05, 4.69) is 8.67 Å². The van der Waals surface area contributed by atoms with Crippen LogP contribution in [0.3, 0.4) is 0 Å². The second kappa shape index (κ2) is 2.80. The van der Waals surface area contributed by atoms with Crippen molar-refractivity contribution in [3.63, 3.8) is 0 Å². The molecule has 0 aromatic heterocycles. The van der Waals surface area contributed by atoms with Gasteiger partial charge in [-0.25, -0.2) is 0 Å². The molecule has 0 aromatic rings. The van der Waals surface area contributed by atoms with Crippen LogP contribution < -0.4 is 0 Å². The highest BCUT2D eigenvalue weighted by molar-refractivity contribution is 7.86. The number of hydrogen-bond acceptors (Lipinski definition) is 6. The van der Waals surface area contributed by atoms with E-state index in [1.165, 1.54) is 0 Å². The summed E-state index contributed by atoms with van der Waals surface area (Å²) < 4.78 is 53.2. The molecule has 0 heterocycles. The van der Waals surface area contributed by atoms with Crippen molar-refractivity contribution in [3.8, 4) is 0 Å². The molecule has 0 atom stereocenters. The van der Waals surface area contributed by atoms with E-state index in [9.17, 15) is 16.8 Å². The van der Waals surface area contributed by atoms with Gasteiger partial charge in [-0.1, -0.05) is 8.67 Å². The lowest BCUT2D eigenvalue weighted by Crippen LogP contribution is -2.09. The lowest BCUT2D eigenvalue weighted by Gasteiger charge is -1.93. The summed E-state index contributed by atoms with van der Waals surface area (Å²) in [7, 11) is -8.88. The van der Waals surface area contributed by atoms with Crippen LogP contribution in [0.25, 0.3) is 0 Å². The van der Waals surface area contributed by atoms with Gasteiger partial charge in [0.05, 0.1) is 6.26 Å². The first-order valence-electron chi connectivity index (χ1n) is 1.76. The molecule has 9 heteroatoms. The normalized spacial score (nSPS) is 13.4. The Balaban J connectivity index is 4.05. The maximum Gasteiger partial charge on any atom is 0.425 e. The zero-order valence-electron chi connectivity index (χ0n) is 4.71. The molecular formula is CH4O7S2. The Morgan fingerprint density at radius 2 is 1.50 bits per heavy atom. The van der Waals surface area contributed by atoms with E-state index in [0.29, 0.717) is 6.26 Å². The van der Waals surface area contributed by atoms with Gasteiger partial charge < -0.3 is 0 Å². The van der Waals surface area contributed by atoms with Gasteiger partial charge in [0, 0.05) is 0 Å². The average Bonchev–Trinajstić information content (AvgIpc) is 1.57. The Morgan fingerprint density at radius 3 is 1.60 bits per heavy atom. The predicted molar refractivity (Wildman–Crippen MR) is 28.6 cm³/mol. The fraction of sp³-hybridized carbons (Fsp3) is 1.00. The van der Waals surface area contributed by atoms with Crippen molar-refractivity contribution in [2.24, 2.45) is 0 Å². The van der Waals surface area contributed by atoms with E-state index in [1.54, 1.807) is 0 Å². The van der Waals surface area contributed by atoms with Crippen molar-refractivity contribution >= 4 is 20.5 Å². The summed E-state index contributed by atoms with van der Waals surface area (Å²) in [6, 6.07) is 0. The van der Waals surface area contributed by atoms with Crippen molar-refractivity contribution in [1.29, 1.82) is 0 Å². The Morgan fingerprint density at radius 1 is 1.10 bits per heavy atom. The van der Waals surface area contributed by atoms with Gasteiger partial charge in [-0.05, 0) is 0 Å². The second-order valence-electron chi connectivity index (χ2n) is 1.27. The van der Waals surface area contributed by atoms with Gasteiger partial charge in [-0.3, -0.25) is 4.55 Å². The summed E-state index contributed by atoms with van der Waals surface area (Å²) in [6.07, 6.45) is 0.554. The molecule has 0 aromatic carbocycles. The van der Waals surface area contributed by atoms with Crippen LogP contribution in [0.2, 0.25) is 0 Å². The smallest absolute Gasteiger partial charge is 0.262 e. The fourth-order valence-electron chi connectivity index (χ4n) is 0.0856. The molecule has 0 amide bonds. The summed E-state index contributed by atoms with van der Waals surface area (Å²) in [5.41, 5.74) is 0. The van der Waals surface area contributed by atoms with Crippen molar-refractivity contribution < 1.29 is 30.1 Å². The van der Waals surface area contributed by atoms with Crippen LogP contribution in [0.1, 0.15) is 0 Å². The highest BCUT2D eigenvalue weighted by Gasteiger charge is 2.11. The Kier molecular flexibility index (Phi) is 2.74. The Bertz CT molecular complexity index is 248.